The number of carbonyl (C=O) groups excluding carboxylic acids is 1. The van der Waals surface area contributed by atoms with Crippen LogP contribution in [0.15, 0.2) is 47.5 Å². The van der Waals surface area contributed by atoms with Crippen molar-refractivity contribution in [3.8, 4) is 5.75 Å². The van der Waals surface area contributed by atoms with Crippen molar-refractivity contribution in [2.75, 3.05) is 25.5 Å². The minimum Gasteiger partial charge on any atom is -0.496 e. The lowest BCUT2D eigenvalue weighted by molar-refractivity contribution is -0.116. The van der Waals surface area contributed by atoms with Crippen LogP contribution in [-0.2, 0) is 11.3 Å². The van der Waals surface area contributed by atoms with Crippen LogP contribution >= 0.6 is 11.6 Å². The smallest absolute Gasteiger partial charge is 0.226 e. The van der Waals surface area contributed by atoms with Crippen LogP contribution < -0.4 is 20.7 Å². The average Bonchev–Trinajstić information content (AvgIpc) is 2.70. The van der Waals surface area contributed by atoms with Gasteiger partial charge in [-0.2, -0.15) is 0 Å². The molecule has 1 amide bonds. The van der Waals surface area contributed by atoms with Gasteiger partial charge in [0, 0.05) is 35.8 Å². The molecule has 2 rings (SSSR count). The minimum atomic E-state index is -0.0848. The fourth-order valence-electron chi connectivity index (χ4n) is 2.59. The van der Waals surface area contributed by atoms with E-state index in [0.29, 0.717) is 30.5 Å². The monoisotopic (exact) mass is 402 g/mol. The van der Waals surface area contributed by atoms with Crippen LogP contribution in [0.5, 0.6) is 5.75 Å². The number of aliphatic imine (C=N–C) groups is 1. The zero-order chi connectivity index (χ0) is 20.4. The number of amides is 1. The Labute approximate surface area is 171 Å². The Bertz CT molecular complexity index is 824. The topological polar surface area (TPSA) is 74.8 Å². The van der Waals surface area contributed by atoms with Crippen molar-refractivity contribution in [3.63, 3.8) is 0 Å². The Balaban J connectivity index is 1.88. The fourth-order valence-corrected chi connectivity index (χ4v) is 2.76. The number of benzene rings is 2. The van der Waals surface area contributed by atoms with Crippen LogP contribution in [-0.4, -0.2) is 32.1 Å². The van der Waals surface area contributed by atoms with Gasteiger partial charge < -0.3 is 20.7 Å². The van der Waals surface area contributed by atoms with Crippen molar-refractivity contribution in [1.82, 2.24) is 10.6 Å². The van der Waals surface area contributed by atoms with Gasteiger partial charge in [-0.05, 0) is 37.6 Å². The molecule has 0 bridgehead atoms. The number of anilines is 1. The van der Waals surface area contributed by atoms with Gasteiger partial charge >= 0.3 is 0 Å². The highest BCUT2D eigenvalue weighted by atomic mass is 35.5. The summed E-state index contributed by atoms with van der Waals surface area (Å²) < 4.78 is 5.35. The molecule has 0 saturated carbocycles. The van der Waals surface area contributed by atoms with E-state index in [1.165, 1.54) is 0 Å². The molecule has 0 fully saturated rings. The van der Waals surface area contributed by atoms with Gasteiger partial charge in [-0.3, -0.25) is 4.79 Å². The molecule has 28 heavy (non-hydrogen) atoms. The number of nitrogens with zero attached hydrogens (tertiary/aromatic N) is 1. The summed E-state index contributed by atoms with van der Waals surface area (Å²) in [6.07, 6.45) is 0.311. The molecule has 0 heterocycles. The molecule has 6 nitrogen and oxygen atoms in total. The second-order valence-corrected chi connectivity index (χ2v) is 6.55. The number of nitrogens with one attached hydrogen (secondary N) is 3. The molecule has 0 aliphatic carbocycles. The van der Waals surface area contributed by atoms with Gasteiger partial charge in [0.05, 0.1) is 13.7 Å². The largest absolute Gasteiger partial charge is 0.496 e. The van der Waals surface area contributed by atoms with Crippen LogP contribution in [0.4, 0.5) is 5.69 Å². The molecule has 0 atom stereocenters. The molecule has 0 unspecified atom stereocenters. The molecule has 0 aliphatic rings. The molecule has 3 N–H and O–H groups in total. The highest BCUT2D eigenvalue weighted by Gasteiger charge is 2.07. The van der Waals surface area contributed by atoms with E-state index in [0.717, 1.165) is 29.1 Å². The van der Waals surface area contributed by atoms with Crippen LogP contribution in [0.2, 0.25) is 5.02 Å². The summed E-state index contributed by atoms with van der Waals surface area (Å²) >= 11 is 6.09. The van der Waals surface area contributed by atoms with Gasteiger partial charge in [-0.25, -0.2) is 4.99 Å². The molecule has 0 spiro atoms. The number of rotatable bonds is 8. The molecule has 0 saturated heterocycles. The van der Waals surface area contributed by atoms with Gasteiger partial charge in [0.25, 0.3) is 0 Å². The van der Waals surface area contributed by atoms with Crippen LogP contribution in [0.1, 0.15) is 24.5 Å². The molecule has 2 aromatic rings. The highest BCUT2D eigenvalue weighted by molar-refractivity contribution is 6.31. The van der Waals surface area contributed by atoms with Gasteiger partial charge in [0.2, 0.25) is 5.91 Å². The number of ether oxygens (including phenoxy) is 1. The molecular weight excluding hydrogens is 376 g/mol. The summed E-state index contributed by atoms with van der Waals surface area (Å²) in [6.45, 7) is 5.54. The van der Waals surface area contributed by atoms with Gasteiger partial charge in [0.15, 0.2) is 5.96 Å². The summed E-state index contributed by atoms with van der Waals surface area (Å²) in [5, 5.41) is 9.88. The first-order valence-corrected chi connectivity index (χ1v) is 9.62. The maximum atomic E-state index is 12.2. The number of hydrogen-bond acceptors (Lipinski definition) is 3. The number of methoxy groups -OCH3 is 1. The highest BCUT2D eigenvalue weighted by Crippen LogP contribution is 2.23. The third kappa shape index (κ3) is 6.46. The van der Waals surface area contributed by atoms with Crippen molar-refractivity contribution < 1.29 is 9.53 Å². The molecule has 0 radical (unpaired) electrons. The van der Waals surface area contributed by atoms with Crippen LogP contribution in [0, 0.1) is 6.92 Å². The predicted octanol–water partition coefficient (Wildman–Crippen LogP) is 3.74. The maximum Gasteiger partial charge on any atom is 0.226 e. The normalized spacial score (nSPS) is 11.1. The molecular formula is C21H27ClN4O2. The van der Waals surface area contributed by atoms with E-state index in [9.17, 15) is 4.79 Å². The Morgan fingerprint density at radius 1 is 1.14 bits per heavy atom. The summed E-state index contributed by atoms with van der Waals surface area (Å²) in [6, 6.07) is 13.2. The maximum absolute atomic E-state index is 12.2. The summed E-state index contributed by atoms with van der Waals surface area (Å²) in [5.41, 5.74) is 2.59. The Morgan fingerprint density at radius 3 is 2.68 bits per heavy atom. The van der Waals surface area contributed by atoms with E-state index >= 15 is 0 Å². The van der Waals surface area contributed by atoms with Crippen molar-refractivity contribution in [1.29, 1.82) is 0 Å². The number of halogens is 1. The first-order valence-electron chi connectivity index (χ1n) is 9.24. The third-order valence-corrected chi connectivity index (χ3v) is 4.54. The second kappa shape index (κ2) is 11.2. The van der Waals surface area contributed by atoms with Crippen molar-refractivity contribution in [2.45, 2.75) is 26.8 Å². The summed E-state index contributed by atoms with van der Waals surface area (Å²) in [7, 11) is 1.65. The number of guanidine groups is 1. The SMILES string of the molecule is CCNC(=NCc1ccccc1OC)NCCC(=O)Nc1cccc(Cl)c1C. The molecule has 0 aliphatic heterocycles. The van der Waals surface area contributed by atoms with Crippen LogP contribution in [0.25, 0.3) is 0 Å². The molecule has 0 aromatic heterocycles. The van der Waals surface area contributed by atoms with Crippen molar-refractivity contribution >= 4 is 29.2 Å². The Kier molecular flexibility index (Phi) is 8.62. The third-order valence-electron chi connectivity index (χ3n) is 4.13. The van der Waals surface area contributed by atoms with Crippen LogP contribution in [0.3, 0.4) is 0 Å². The quantitative estimate of drug-likeness (QED) is 0.464. The Hall–Kier alpha value is -2.73. The number of para-hydroxylation sites is 1. The average molecular weight is 403 g/mol. The van der Waals surface area contributed by atoms with Crippen molar-refractivity contribution in [3.05, 3.63) is 58.6 Å². The Morgan fingerprint density at radius 2 is 1.93 bits per heavy atom. The van der Waals surface area contributed by atoms with E-state index in [-0.39, 0.29) is 5.91 Å². The van der Waals surface area contributed by atoms with E-state index in [1.54, 1.807) is 13.2 Å². The number of carbonyl (C=O) groups is 1. The zero-order valence-electron chi connectivity index (χ0n) is 16.5. The predicted molar refractivity (Wildman–Crippen MR) is 115 cm³/mol. The molecule has 150 valence electrons. The fraction of sp³-hybridized carbons (Fsp3) is 0.333. The van der Waals surface area contributed by atoms with E-state index in [2.05, 4.69) is 20.9 Å². The number of hydrogen-bond donors (Lipinski definition) is 3. The van der Waals surface area contributed by atoms with Gasteiger partial charge in [0.1, 0.15) is 5.75 Å². The van der Waals surface area contributed by atoms with E-state index in [1.807, 2.05) is 50.2 Å². The van der Waals surface area contributed by atoms with Crippen molar-refractivity contribution in [2.24, 2.45) is 4.99 Å². The molecule has 7 heteroatoms. The minimum absolute atomic E-state index is 0.0848. The van der Waals surface area contributed by atoms with Gasteiger partial charge in [-0.1, -0.05) is 35.9 Å². The van der Waals surface area contributed by atoms with Gasteiger partial charge in [-0.15, -0.1) is 0 Å². The van der Waals surface area contributed by atoms with E-state index in [4.69, 9.17) is 16.3 Å². The summed E-state index contributed by atoms with van der Waals surface area (Å²) in [5.74, 6) is 1.37. The van der Waals surface area contributed by atoms with E-state index < -0.39 is 0 Å². The zero-order valence-corrected chi connectivity index (χ0v) is 17.3. The second-order valence-electron chi connectivity index (χ2n) is 6.14. The lowest BCUT2D eigenvalue weighted by Gasteiger charge is -2.13. The standard InChI is InChI=1S/C21H27ClN4O2/c1-4-23-21(25-14-16-8-5-6-11-19(16)28-3)24-13-12-20(27)26-18-10-7-9-17(22)15(18)2/h5-11H,4,12-14H2,1-3H3,(H,26,27)(H2,23,24,25). The lowest BCUT2D eigenvalue weighted by atomic mass is 10.2. The first kappa shape index (κ1) is 21.6. The molecule has 2 aromatic carbocycles. The summed E-state index contributed by atoms with van der Waals surface area (Å²) in [4.78, 5) is 16.8. The lowest BCUT2D eigenvalue weighted by Crippen LogP contribution is -2.38. The first-order chi connectivity index (χ1) is 13.5.